The van der Waals surface area contributed by atoms with E-state index in [0.29, 0.717) is 22.4 Å². The van der Waals surface area contributed by atoms with Gasteiger partial charge in [0.25, 0.3) is 0 Å². The van der Waals surface area contributed by atoms with E-state index in [0.717, 1.165) is 22.6 Å². The summed E-state index contributed by atoms with van der Waals surface area (Å²) in [5, 5.41) is 4.64. The maximum Gasteiger partial charge on any atom is 0.174 e. The van der Waals surface area contributed by atoms with Crippen LogP contribution in [0.2, 0.25) is 5.02 Å². The van der Waals surface area contributed by atoms with Gasteiger partial charge in [-0.05, 0) is 66.3 Å². The third kappa shape index (κ3) is 4.17. The first-order chi connectivity index (χ1) is 16.2. The third-order valence-corrected chi connectivity index (χ3v) is 6.36. The van der Waals surface area contributed by atoms with Gasteiger partial charge in [-0.1, -0.05) is 23.7 Å². The van der Waals surface area contributed by atoms with E-state index in [1.165, 1.54) is 0 Å². The summed E-state index contributed by atoms with van der Waals surface area (Å²) in [4.78, 5) is 11.0. The second-order valence-electron chi connectivity index (χ2n) is 7.74. The van der Waals surface area contributed by atoms with Crippen LogP contribution < -0.4 is 15.0 Å². The Balaban J connectivity index is 1.60. The zero-order valence-corrected chi connectivity index (χ0v) is 19.5. The lowest BCUT2D eigenvalue weighted by molar-refractivity contribution is 0.415. The molecule has 0 saturated carbocycles. The minimum Gasteiger partial charge on any atom is -0.495 e. The normalized spacial score (nSPS) is 17.8. The number of nitrogens with one attached hydrogen (secondary N) is 1. The summed E-state index contributed by atoms with van der Waals surface area (Å²) < 4.78 is 7.57. The molecule has 1 aliphatic heterocycles. The monoisotopic (exact) mass is 475 g/mol. The van der Waals surface area contributed by atoms with Gasteiger partial charge in [0.15, 0.2) is 5.11 Å². The van der Waals surface area contributed by atoms with E-state index in [2.05, 4.69) is 49.1 Å². The number of aromatic nitrogens is 3. The van der Waals surface area contributed by atoms with Gasteiger partial charge in [-0.2, -0.15) is 0 Å². The number of rotatable bonds is 6. The van der Waals surface area contributed by atoms with Gasteiger partial charge in [-0.3, -0.25) is 9.97 Å². The summed E-state index contributed by atoms with van der Waals surface area (Å²) in [6, 6.07) is 19.6. The number of benzene rings is 1. The molecule has 0 radical (unpaired) electrons. The molecule has 5 rings (SSSR count). The van der Waals surface area contributed by atoms with Crippen molar-refractivity contribution in [3.8, 4) is 5.75 Å². The van der Waals surface area contributed by atoms with Gasteiger partial charge in [-0.25, -0.2) is 0 Å². The molecule has 4 aromatic rings. The molecule has 1 saturated heterocycles. The fourth-order valence-corrected chi connectivity index (χ4v) is 4.86. The highest BCUT2D eigenvalue weighted by atomic mass is 35.5. The fourth-order valence-electron chi connectivity index (χ4n) is 4.27. The predicted octanol–water partition coefficient (Wildman–Crippen LogP) is 5.17. The van der Waals surface area contributed by atoms with Crippen molar-refractivity contribution < 1.29 is 4.74 Å². The first-order valence-electron chi connectivity index (χ1n) is 10.5. The van der Waals surface area contributed by atoms with Crippen LogP contribution in [0.3, 0.4) is 0 Å². The lowest BCUT2D eigenvalue weighted by Crippen LogP contribution is -2.30. The molecule has 0 amide bonds. The Morgan fingerprint density at radius 1 is 1.09 bits per heavy atom. The molecule has 1 N–H and O–H groups in total. The van der Waals surface area contributed by atoms with Gasteiger partial charge >= 0.3 is 0 Å². The minimum absolute atomic E-state index is 0.136. The highest BCUT2D eigenvalue weighted by Crippen LogP contribution is 2.43. The lowest BCUT2D eigenvalue weighted by Gasteiger charge is -2.29. The zero-order valence-electron chi connectivity index (χ0n) is 17.9. The van der Waals surface area contributed by atoms with Gasteiger partial charge in [0.2, 0.25) is 0 Å². The van der Waals surface area contributed by atoms with Crippen LogP contribution in [0.15, 0.2) is 85.5 Å². The van der Waals surface area contributed by atoms with E-state index in [4.69, 9.17) is 28.6 Å². The summed E-state index contributed by atoms with van der Waals surface area (Å²) in [5.41, 5.74) is 4.03. The molecule has 1 fully saturated rings. The van der Waals surface area contributed by atoms with Crippen molar-refractivity contribution in [1.29, 1.82) is 0 Å². The van der Waals surface area contributed by atoms with E-state index in [-0.39, 0.29) is 12.1 Å². The molecule has 0 aliphatic carbocycles. The van der Waals surface area contributed by atoms with E-state index >= 15 is 0 Å². The Bertz CT molecular complexity index is 1260. The molecule has 0 bridgehead atoms. The van der Waals surface area contributed by atoms with Gasteiger partial charge < -0.3 is 19.5 Å². The summed E-state index contributed by atoms with van der Waals surface area (Å²) in [5.74, 6) is 0.622. The molecule has 166 valence electrons. The van der Waals surface area contributed by atoms with Gasteiger partial charge in [-0.15, -0.1) is 0 Å². The van der Waals surface area contributed by atoms with E-state index < -0.39 is 0 Å². The van der Waals surface area contributed by atoms with Crippen LogP contribution >= 0.6 is 23.8 Å². The Morgan fingerprint density at radius 2 is 2.00 bits per heavy atom. The predicted molar refractivity (Wildman–Crippen MR) is 134 cm³/mol. The molecule has 1 aliphatic rings. The van der Waals surface area contributed by atoms with Gasteiger partial charge in [0.1, 0.15) is 11.8 Å². The number of hydrogen-bond acceptors (Lipinski definition) is 4. The summed E-state index contributed by atoms with van der Waals surface area (Å²) >= 11 is 12.3. The van der Waals surface area contributed by atoms with Gasteiger partial charge in [0.05, 0.1) is 23.9 Å². The van der Waals surface area contributed by atoms with E-state index in [1.807, 2.05) is 48.7 Å². The average Bonchev–Trinajstić information content (AvgIpc) is 3.43. The highest BCUT2D eigenvalue weighted by molar-refractivity contribution is 7.80. The van der Waals surface area contributed by atoms with Crippen LogP contribution in [-0.4, -0.2) is 26.8 Å². The van der Waals surface area contributed by atoms with Gasteiger partial charge in [0, 0.05) is 42.7 Å². The molecular weight excluding hydrogens is 454 g/mol. The number of ether oxygens (including phenoxy) is 1. The van der Waals surface area contributed by atoms with Crippen molar-refractivity contribution in [2.75, 3.05) is 12.0 Å². The van der Waals surface area contributed by atoms with Crippen molar-refractivity contribution in [1.82, 2.24) is 19.9 Å². The van der Waals surface area contributed by atoms with Crippen LogP contribution in [0, 0.1) is 0 Å². The average molecular weight is 476 g/mol. The quantitative estimate of drug-likeness (QED) is 0.388. The van der Waals surface area contributed by atoms with Crippen LogP contribution in [0.4, 0.5) is 5.69 Å². The van der Waals surface area contributed by atoms with Crippen molar-refractivity contribution in [3.63, 3.8) is 0 Å². The SMILES string of the molecule is COc1ccc(N2C(=S)N[C@@H](c3ccccn3)[C@H]2c2cccn2Cc2cccnc2)cc1Cl. The number of pyridine rings is 2. The largest absolute Gasteiger partial charge is 0.495 e. The van der Waals surface area contributed by atoms with Crippen LogP contribution in [-0.2, 0) is 6.54 Å². The topological polar surface area (TPSA) is 55.2 Å². The van der Waals surface area contributed by atoms with Crippen LogP contribution in [0.5, 0.6) is 5.75 Å². The summed E-state index contributed by atoms with van der Waals surface area (Å²) in [6.45, 7) is 0.700. The third-order valence-electron chi connectivity index (χ3n) is 5.76. The Labute approximate surface area is 202 Å². The molecule has 0 unspecified atom stereocenters. The molecule has 6 nitrogen and oxygen atoms in total. The van der Waals surface area contributed by atoms with Crippen molar-refractivity contribution >= 4 is 34.6 Å². The van der Waals surface area contributed by atoms with Crippen LogP contribution in [0.25, 0.3) is 0 Å². The first kappa shape index (κ1) is 21.4. The number of anilines is 1. The molecule has 4 heterocycles. The highest BCUT2D eigenvalue weighted by Gasteiger charge is 2.42. The van der Waals surface area contributed by atoms with Crippen molar-refractivity contribution in [2.45, 2.75) is 18.6 Å². The molecule has 8 heteroatoms. The van der Waals surface area contributed by atoms with Crippen LogP contribution in [0.1, 0.15) is 29.0 Å². The maximum atomic E-state index is 6.48. The van der Waals surface area contributed by atoms with Crippen molar-refractivity contribution in [3.05, 3.63) is 107 Å². The second kappa shape index (κ2) is 9.21. The summed E-state index contributed by atoms with van der Waals surface area (Å²) in [7, 11) is 1.61. The first-order valence-corrected chi connectivity index (χ1v) is 11.3. The maximum absolute atomic E-state index is 6.48. The molecule has 33 heavy (non-hydrogen) atoms. The molecular formula is C25H22ClN5OS. The van der Waals surface area contributed by atoms with Crippen molar-refractivity contribution in [2.24, 2.45) is 0 Å². The molecule has 3 aromatic heterocycles. The molecule has 0 spiro atoms. The Hall–Kier alpha value is -3.42. The molecule has 2 atom stereocenters. The second-order valence-corrected chi connectivity index (χ2v) is 8.53. The number of halogens is 1. The van der Waals surface area contributed by atoms with E-state index in [1.54, 1.807) is 19.5 Å². The Kier molecular flexibility index (Phi) is 5.98. The number of hydrogen-bond donors (Lipinski definition) is 1. The number of nitrogens with zero attached hydrogens (tertiary/aromatic N) is 4. The number of methoxy groups -OCH3 is 1. The number of thiocarbonyl (C=S) groups is 1. The molecule has 1 aromatic carbocycles. The Morgan fingerprint density at radius 3 is 2.73 bits per heavy atom. The summed E-state index contributed by atoms with van der Waals surface area (Å²) in [6.07, 6.45) is 7.56. The lowest BCUT2D eigenvalue weighted by atomic mass is 10.0. The fraction of sp³-hybridized carbons (Fsp3) is 0.160. The zero-order chi connectivity index (χ0) is 22.8. The smallest absolute Gasteiger partial charge is 0.174 e. The van der Waals surface area contributed by atoms with E-state index in [9.17, 15) is 0 Å². The standard InChI is InChI=1S/C25H22ClN5OS/c1-32-22-10-9-18(14-19(22)26)31-24(23(29-25(31)33)20-7-2-3-12-28-20)21-8-5-13-30(21)16-17-6-4-11-27-15-17/h2-15,23-24H,16H2,1H3,(H,29,33)/t23-,24+/m0/s1. The minimum atomic E-state index is -0.137.